The summed E-state index contributed by atoms with van der Waals surface area (Å²) in [4.78, 5) is 17.9. The van der Waals surface area contributed by atoms with Gasteiger partial charge in [0, 0.05) is 17.7 Å². The van der Waals surface area contributed by atoms with Crippen molar-refractivity contribution in [3.05, 3.63) is 65.1 Å². The average Bonchev–Trinajstić information content (AvgIpc) is 3.40. The van der Waals surface area contributed by atoms with E-state index >= 15 is 0 Å². The number of benzene rings is 1. The molecule has 0 spiro atoms. The number of rotatable bonds is 4. The molecule has 28 heavy (non-hydrogen) atoms. The van der Waals surface area contributed by atoms with Crippen LogP contribution in [-0.2, 0) is 0 Å². The number of fused-ring (bicyclic) bond motifs is 1. The van der Waals surface area contributed by atoms with Gasteiger partial charge in [-0.25, -0.2) is 9.67 Å². The molecule has 1 aromatic carbocycles. The first kappa shape index (κ1) is 16.7. The zero-order valence-electron chi connectivity index (χ0n) is 15.6. The lowest BCUT2D eigenvalue weighted by Crippen LogP contribution is -2.13. The summed E-state index contributed by atoms with van der Waals surface area (Å²) in [5.74, 6) is 0.484. The number of nitrogens with one attached hydrogen (secondary N) is 1. The number of amides is 1. The fourth-order valence-electron chi connectivity index (χ4n) is 3.43. The fraction of sp³-hybridized carbons (Fsp3) is 0.238. The summed E-state index contributed by atoms with van der Waals surface area (Å²) in [7, 11) is 0. The molecule has 1 aliphatic carbocycles. The van der Waals surface area contributed by atoms with E-state index in [0.717, 1.165) is 35.3 Å². The van der Waals surface area contributed by atoms with Gasteiger partial charge < -0.3 is 4.52 Å². The fourth-order valence-corrected chi connectivity index (χ4v) is 3.43. The minimum atomic E-state index is -0.249. The zero-order valence-corrected chi connectivity index (χ0v) is 15.6. The summed E-state index contributed by atoms with van der Waals surface area (Å²) in [6, 6.07) is 13.4. The van der Waals surface area contributed by atoms with E-state index in [9.17, 15) is 4.79 Å². The standard InChI is InChI=1S/C21H19N5O2/c1-12-10-18(28-25-12)23-21(27)16-11-17(14-8-9-14)22-20-19(16)13(2)24-26(20)15-6-4-3-5-7-15/h3-7,10-11,14H,8-9H2,1-2H3,(H,23,27). The van der Waals surface area contributed by atoms with Crippen LogP contribution in [0.25, 0.3) is 16.7 Å². The first-order chi connectivity index (χ1) is 13.6. The van der Waals surface area contributed by atoms with Gasteiger partial charge in [-0.1, -0.05) is 23.4 Å². The highest BCUT2D eigenvalue weighted by Crippen LogP contribution is 2.40. The van der Waals surface area contributed by atoms with Crippen LogP contribution >= 0.6 is 0 Å². The largest absolute Gasteiger partial charge is 0.338 e. The topological polar surface area (TPSA) is 85.8 Å². The van der Waals surface area contributed by atoms with Crippen molar-refractivity contribution in [3.8, 4) is 5.69 Å². The third kappa shape index (κ3) is 2.85. The third-order valence-electron chi connectivity index (χ3n) is 4.94. The van der Waals surface area contributed by atoms with Gasteiger partial charge >= 0.3 is 0 Å². The van der Waals surface area contributed by atoms with Crippen molar-refractivity contribution in [1.29, 1.82) is 0 Å². The Bertz CT molecular complexity index is 1190. The molecule has 0 radical (unpaired) electrons. The first-order valence-corrected chi connectivity index (χ1v) is 9.30. The molecule has 1 fully saturated rings. The third-order valence-corrected chi connectivity index (χ3v) is 4.94. The highest BCUT2D eigenvalue weighted by atomic mass is 16.5. The highest BCUT2D eigenvalue weighted by molar-refractivity contribution is 6.12. The van der Waals surface area contributed by atoms with E-state index in [-0.39, 0.29) is 5.91 Å². The van der Waals surface area contributed by atoms with Crippen LogP contribution in [0.2, 0.25) is 0 Å². The minimum Gasteiger partial charge on any atom is -0.338 e. The van der Waals surface area contributed by atoms with Crippen LogP contribution < -0.4 is 5.32 Å². The summed E-state index contributed by atoms with van der Waals surface area (Å²) in [5, 5.41) is 12.1. The number of hydrogen-bond acceptors (Lipinski definition) is 5. The summed E-state index contributed by atoms with van der Waals surface area (Å²) in [5.41, 5.74) is 4.57. The van der Waals surface area contributed by atoms with Crippen LogP contribution in [0.3, 0.4) is 0 Å². The van der Waals surface area contributed by atoms with Crippen molar-refractivity contribution in [3.63, 3.8) is 0 Å². The van der Waals surface area contributed by atoms with Gasteiger partial charge in [-0.2, -0.15) is 5.10 Å². The molecular formula is C21H19N5O2. The lowest BCUT2D eigenvalue weighted by molar-refractivity contribution is 0.102. The van der Waals surface area contributed by atoms with Gasteiger partial charge in [-0.05, 0) is 44.9 Å². The number of nitrogens with zero attached hydrogens (tertiary/aromatic N) is 4. The molecular weight excluding hydrogens is 354 g/mol. The number of aryl methyl sites for hydroxylation is 2. The van der Waals surface area contributed by atoms with Crippen molar-refractivity contribution in [1.82, 2.24) is 19.9 Å². The van der Waals surface area contributed by atoms with Gasteiger partial charge in [0.25, 0.3) is 5.91 Å². The second-order valence-corrected chi connectivity index (χ2v) is 7.19. The van der Waals surface area contributed by atoms with Crippen molar-refractivity contribution in [2.75, 3.05) is 5.32 Å². The maximum absolute atomic E-state index is 13.1. The molecule has 4 aromatic rings. The molecule has 1 aliphatic rings. The Morgan fingerprint density at radius 2 is 1.96 bits per heavy atom. The minimum absolute atomic E-state index is 0.249. The molecule has 0 saturated heterocycles. The molecule has 0 atom stereocenters. The Kier molecular flexibility index (Phi) is 3.75. The molecule has 3 heterocycles. The van der Waals surface area contributed by atoms with Crippen LogP contribution in [0.5, 0.6) is 0 Å². The summed E-state index contributed by atoms with van der Waals surface area (Å²) in [6.45, 7) is 3.71. The maximum Gasteiger partial charge on any atom is 0.258 e. The molecule has 1 N–H and O–H groups in total. The van der Waals surface area contributed by atoms with Crippen molar-refractivity contribution in [2.24, 2.45) is 0 Å². The number of carbonyl (C=O) groups excluding carboxylic acids is 1. The lowest BCUT2D eigenvalue weighted by atomic mass is 10.1. The van der Waals surface area contributed by atoms with Crippen LogP contribution in [0, 0.1) is 13.8 Å². The summed E-state index contributed by atoms with van der Waals surface area (Å²) in [6.07, 6.45) is 2.19. The van der Waals surface area contributed by atoms with Crippen molar-refractivity contribution >= 4 is 22.8 Å². The second kappa shape index (κ2) is 6.30. The Balaban J connectivity index is 1.67. The van der Waals surface area contributed by atoms with Crippen LogP contribution in [0.1, 0.15) is 46.2 Å². The van der Waals surface area contributed by atoms with E-state index in [4.69, 9.17) is 9.51 Å². The summed E-state index contributed by atoms with van der Waals surface area (Å²) >= 11 is 0. The number of anilines is 1. The van der Waals surface area contributed by atoms with Crippen LogP contribution in [0.15, 0.2) is 47.0 Å². The van der Waals surface area contributed by atoms with E-state index in [0.29, 0.717) is 28.7 Å². The Morgan fingerprint density at radius 3 is 2.64 bits per heavy atom. The zero-order chi connectivity index (χ0) is 19.3. The Hall–Kier alpha value is -3.48. The molecule has 7 heteroatoms. The Labute approximate surface area is 161 Å². The number of pyridine rings is 1. The van der Waals surface area contributed by atoms with Gasteiger partial charge in [0.15, 0.2) is 5.65 Å². The molecule has 0 unspecified atom stereocenters. The van der Waals surface area contributed by atoms with Crippen LogP contribution in [-0.4, -0.2) is 25.8 Å². The number of carbonyl (C=O) groups is 1. The van der Waals surface area contributed by atoms with Gasteiger partial charge in [-0.15, -0.1) is 0 Å². The average molecular weight is 373 g/mol. The summed E-state index contributed by atoms with van der Waals surface area (Å²) < 4.78 is 6.96. The molecule has 1 amide bonds. The lowest BCUT2D eigenvalue weighted by Gasteiger charge is -2.08. The molecule has 140 valence electrons. The quantitative estimate of drug-likeness (QED) is 0.581. The van der Waals surface area contributed by atoms with Crippen LogP contribution in [0.4, 0.5) is 5.88 Å². The van der Waals surface area contributed by atoms with Crippen molar-refractivity contribution in [2.45, 2.75) is 32.6 Å². The molecule has 3 aromatic heterocycles. The predicted octanol–water partition coefficient (Wildman–Crippen LogP) is 4.16. The van der Waals surface area contributed by atoms with Gasteiger partial charge in [0.05, 0.1) is 28.0 Å². The molecule has 1 saturated carbocycles. The monoisotopic (exact) mass is 373 g/mol. The van der Waals surface area contributed by atoms with E-state index in [1.54, 1.807) is 6.07 Å². The highest BCUT2D eigenvalue weighted by Gasteiger charge is 2.29. The van der Waals surface area contributed by atoms with Gasteiger partial charge in [0.1, 0.15) is 0 Å². The second-order valence-electron chi connectivity index (χ2n) is 7.19. The predicted molar refractivity (Wildman–Crippen MR) is 105 cm³/mol. The molecule has 5 rings (SSSR count). The van der Waals surface area contributed by atoms with E-state index in [1.165, 1.54) is 0 Å². The van der Waals surface area contributed by atoms with Gasteiger partial charge in [-0.3, -0.25) is 10.1 Å². The van der Waals surface area contributed by atoms with E-state index in [2.05, 4.69) is 15.6 Å². The maximum atomic E-state index is 13.1. The molecule has 0 aliphatic heterocycles. The normalized spacial score (nSPS) is 13.8. The number of hydrogen-bond donors (Lipinski definition) is 1. The van der Waals surface area contributed by atoms with E-state index in [1.807, 2.05) is 54.9 Å². The van der Waals surface area contributed by atoms with Gasteiger partial charge in [0.2, 0.25) is 5.88 Å². The molecule has 7 nitrogen and oxygen atoms in total. The van der Waals surface area contributed by atoms with Crippen molar-refractivity contribution < 1.29 is 9.32 Å². The Morgan fingerprint density at radius 1 is 1.18 bits per heavy atom. The smallest absolute Gasteiger partial charge is 0.258 e. The molecule has 0 bridgehead atoms. The SMILES string of the molecule is Cc1cc(NC(=O)c2cc(C3CC3)nc3c2c(C)nn3-c2ccccc2)on1. The van der Waals surface area contributed by atoms with E-state index < -0.39 is 0 Å². The number of aromatic nitrogens is 4. The number of para-hydroxylation sites is 1. The first-order valence-electron chi connectivity index (χ1n) is 9.30.